The number of aryl methyl sites for hydroxylation is 1. The van der Waals surface area contributed by atoms with Crippen LogP contribution in [0.25, 0.3) is 10.9 Å². The molecule has 1 fully saturated rings. The normalized spacial score (nSPS) is 14.9. The van der Waals surface area contributed by atoms with Crippen molar-refractivity contribution in [3.8, 4) is 0 Å². The molecule has 2 heterocycles. The van der Waals surface area contributed by atoms with E-state index in [1.807, 2.05) is 57.0 Å². The Morgan fingerprint density at radius 2 is 1.79 bits per heavy atom. The van der Waals surface area contributed by atoms with Crippen LogP contribution in [-0.2, 0) is 4.74 Å². The van der Waals surface area contributed by atoms with Crippen LogP contribution in [0.3, 0.4) is 0 Å². The van der Waals surface area contributed by atoms with E-state index in [2.05, 4.69) is 4.98 Å². The number of hydrogen-bond donors (Lipinski definition) is 0. The molecule has 8 heteroatoms. The van der Waals surface area contributed by atoms with E-state index >= 15 is 0 Å². The fourth-order valence-corrected chi connectivity index (χ4v) is 5.03. The molecule has 0 N–H and O–H groups in total. The molecule has 1 aromatic carbocycles. The molecule has 0 bridgehead atoms. The van der Waals surface area contributed by atoms with Crippen molar-refractivity contribution in [2.45, 2.75) is 38.2 Å². The number of pyridine rings is 1. The lowest BCUT2D eigenvalue weighted by molar-refractivity contribution is 0.0141. The van der Waals surface area contributed by atoms with Gasteiger partial charge in [-0.15, -0.1) is 0 Å². The third-order valence-electron chi connectivity index (χ3n) is 4.65. The van der Waals surface area contributed by atoms with Crippen molar-refractivity contribution in [3.63, 3.8) is 0 Å². The van der Waals surface area contributed by atoms with E-state index in [0.717, 1.165) is 21.4 Å². The minimum Gasteiger partial charge on any atom is -0.444 e. The van der Waals surface area contributed by atoms with Crippen LogP contribution < -0.4 is 0 Å². The number of carbonyl (C=O) groups is 2. The van der Waals surface area contributed by atoms with Crippen molar-refractivity contribution in [1.29, 1.82) is 0 Å². The third-order valence-corrected chi connectivity index (χ3v) is 6.50. The van der Waals surface area contributed by atoms with E-state index in [1.54, 1.807) is 32.7 Å². The zero-order valence-electron chi connectivity index (χ0n) is 17.5. The van der Waals surface area contributed by atoms with Gasteiger partial charge in [0.2, 0.25) is 0 Å². The van der Waals surface area contributed by atoms with Gasteiger partial charge in [-0.1, -0.05) is 27.7 Å². The second-order valence-electron chi connectivity index (χ2n) is 7.98. The maximum atomic E-state index is 13.3. The van der Waals surface area contributed by atoms with Crippen molar-refractivity contribution >= 4 is 44.5 Å². The molecular formula is C21H27N3O3S2. The van der Waals surface area contributed by atoms with Crippen LogP contribution in [0.5, 0.6) is 0 Å². The van der Waals surface area contributed by atoms with Crippen molar-refractivity contribution in [1.82, 2.24) is 14.8 Å². The van der Waals surface area contributed by atoms with Gasteiger partial charge in [0.25, 0.3) is 5.91 Å². The number of ether oxygens (including phenoxy) is 1. The minimum absolute atomic E-state index is 0.0179. The van der Waals surface area contributed by atoms with E-state index in [9.17, 15) is 9.59 Å². The molecule has 0 aliphatic carbocycles. The molecule has 2 aromatic rings. The Labute approximate surface area is 179 Å². The number of piperazine rings is 1. The Kier molecular flexibility index (Phi) is 6.63. The summed E-state index contributed by atoms with van der Waals surface area (Å²) in [5.74, 6) is -0.0179. The lowest BCUT2D eigenvalue weighted by Gasteiger charge is -2.35. The summed E-state index contributed by atoms with van der Waals surface area (Å²) in [5, 5.41) is 0.870. The number of hydrogen-bond acceptors (Lipinski definition) is 6. The standard InChI is InChI=1S/C21H27N3O3S2/c1-14-13-16(15-7-6-8-22-17(15)18(14)29-28-5)19(25)23-9-11-24(12-10-23)20(26)27-21(2,3)4/h6-8,13H,9-12H2,1-5H3. The van der Waals surface area contributed by atoms with E-state index in [0.29, 0.717) is 31.7 Å². The number of fused-ring (bicyclic) bond motifs is 1. The van der Waals surface area contributed by atoms with Gasteiger partial charge in [-0.25, -0.2) is 4.79 Å². The van der Waals surface area contributed by atoms with Gasteiger partial charge in [-0.2, -0.15) is 0 Å². The molecule has 0 atom stereocenters. The largest absolute Gasteiger partial charge is 0.444 e. The van der Waals surface area contributed by atoms with Crippen LogP contribution in [-0.4, -0.2) is 64.8 Å². The molecular weight excluding hydrogens is 406 g/mol. The van der Waals surface area contributed by atoms with Crippen molar-refractivity contribution in [2.24, 2.45) is 0 Å². The highest BCUT2D eigenvalue weighted by Gasteiger charge is 2.29. The maximum Gasteiger partial charge on any atom is 0.410 e. The summed E-state index contributed by atoms with van der Waals surface area (Å²) in [6, 6.07) is 5.78. The molecule has 29 heavy (non-hydrogen) atoms. The van der Waals surface area contributed by atoms with Gasteiger partial charge >= 0.3 is 6.09 Å². The van der Waals surface area contributed by atoms with E-state index < -0.39 is 5.60 Å². The van der Waals surface area contributed by atoms with Crippen LogP contribution in [0.4, 0.5) is 4.79 Å². The summed E-state index contributed by atoms with van der Waals surface area (Å²) >= 11 is 0. The van der Waals surface area contributed by atoms with Crippen LogP contribution in [0.2, 0.25) is 0 Å². The second kappa shape index (κ2) is 8.83. The first kappa shape index (κ1) is 21.8. The summed E-state index contributed by atoms with van der Waals surface area (Å²) in [7, 11) is 3.33. The summed E-state index contributed by atoms with van der Waals surface area (Å²) < 4.78 is 5.44. The number of carbonyl (C=O) groups excluding carboxylic acids is 2. The number of aromatic nitrogens is 1. The Morgan fingerprint density at radius 1 is 1.14 bits per heavy atom. The third kappa shape index (κ3) is 4.98. The predicted molar refractivity (Wildman–Crippen MR) is 120 cm³/mol. The van der Waals surface area contributed by atoms with Gasteiger partial charge in [0.1, 0.15) is 5.60 Å². The number of nitrogens with zero attached hydrogens (tertiary/aromatic N) is 3. The van der Waals surface area contributed by atoms with Crippen molar-refractivity contribution < 1.29 is 14.3 Å². The monoisotopic (exact) mass is 433 g/mol. The first-order valence-corrected chi connectivity index (χ1v) is 12.1. The van der Waals surface area contributed by atoms with Crippen molar-refractivity contribution in [2.75, 3.05) is 32.4 Å². The Bertz CT molecular complexity index is 919. The topological polar surface area (TPSA) is 62.7 Å². The maximum absolute atomic E-state index is 13.3. The molecule has 0 radical (unpaired) electrons. The molecule has 2 amide bonds. The number of benzene rings is 1. The molecule has 156 valence electrons. The quantitative estimate of drug-likeness (QED) is 0.659. The smallest absolute Gasteiger partial charge is 0.410 e. The fourth-order valence-electron chi connectivity index (χ4n) is 3.30. The van der Waals surface area contributed by atoms with Crippen LogP contribution in [0, 0.1) is 6.92 Å². The lowest BCUT2D eigenvalue weighted by Crippen LogP contribution is -2.51. The highest BCUT2D eigenvalue weighted by atomic mass is 33.1. The lowest BCUT2D eigenvalue weighted by atomic mass is 10.0. The molecule has 6 nitrogen and oxygen atoms in total. The molecule has 0 spiro atoms. The first-order valence-electron chi connectivity index (χ1n) is 9.57. The van der Waals surface area contributed by atoms with Gasteiger partial charge in [-0.05, 0) is 51.6 Å². The van der Waals surface area contributed by atoms with Crippen LogP contribution in [0.1, 0.15) is 36.7 Å². The average Bonchev–Trinajstić information content (AvgIpc) is 2.68. The van der Waals surface area contributed by atoms with Gasteiger partial charge < -0.3 is 14.5 Å². The zero-order valence-corrected chi connectivity index (χ0v) is 19.2. The Morgan fingerprint density at radius 3 is 2.41 bits per heavy atom. The van der Waals surface area contributed by atoms with Gasteiger partial charge in [-0.3, -0.25) is 9.78 Å². The van der Waals surface area contributed by atoms with Gasteiger partial charge in [0, 0.05) is 48.2 Å². The van der Waals surface area contributed by atoms with Crippen LogP contribution >= 0.6 is 21.6 Å². The molecule has 1 aliphatic heterocycles. The van der Waals surface area contributed by atoms with Crippen molar-refractivity contribution in [3.05, 3.63) is 35.5 Å². The van der Waals surface area contributed by atoms with E-state index in [4.69, 9.17) is 4.74 Å². The summed E-state index contributed by atoms with van der Waals surface area (Å²) in [5.41, 5.74) is 2.06. The Hall–Kier alpha value is -1.93. The minimum atomic E-state index is -0.524. The molecule has 0 unspecified atom stereocenters. The zero-order chi connectivity index (χ0) is 21.2. The van der Waals surface area contributed by atoms with Crippen LogP contribution in [0.15, 0.2) is 29.3 Å². The molecule has 3 rings (SSSR count). The first-order chi connectivity index (χ1) is 13.7. The SMILES string of the molecule is CSSc1c(C)cc(C(=O)N2CCN(C(=O)OC(C)(C)C)CC2)c2cccnc12. The second-order valence-corrected chi connectivity index (χ2v) is 10.4. The highest BCUT2D eigenvalue weighted by Crippen LogP contribution is 2.37. The highest BCUT2D eigenvalue weighted by molar-refractivity contribution is 8.76. The average molecular weight is 434 g/mol. The fraction of sp³-hybridized carbons (Fsp3) is 0.476. The number of rotatable bonds is 3. The molecule has 1 aromatic heterocycles. The van der Waals surface area contributed by atoms with E-state index in [1.165, 1.54) is 0 Å². The molecule has 1 aliphatic rings. The predicted octanol–water partition coefficient (Wildman–Crippen LogP) is 4.61. The summed E-state index contributed by atoms with van der Waals surface area (Å²) in [6.07, 6.45) is 3.47. The van der Waals surface area contributed by atoms with Gasteiger partial charge in [0.15, 0.2) is 0 Å². The van der Waals surface area contributed by atoms with E-state index in [-0.39, 0.29) is 12.0 Å². The summed E-state index contributed by atoms with van der Waals surface area (Å²) in [4.78, 5) is 34.7. The molecule has 1 saturated heterocycles. The Balaban J connectivity index is 1.79. The summed E-state index contributed by atoms with van der Waals surface area (Å²) in [6.45, 7) is 9.48. The number of amides is 2. The molecule has 0 saturated carbocycles. The van der Waals surface area contributed by atoms with Gasteiger partial charge in [0.05, 0.1) is 5.52 Å².